The molecule has 0 fully saturated rings. The first kappa shape index (κ1) is 23.1. The molecule has 0 aliphatic rings. The van der Waals surface area contributed by atoms with Gasteiger partial charge in [-0.15, -0.1) is 0 Å². The maximum atomic E-state index is 12.5. The molecule has 0 saturated carbocycles. The summed E-state index contributed by atoms with van der Waals surface area (Å²) in [7, 11) is -4.12. The van der Waals surface area contributed by atoms with Crippen molar-refractivity contribution in [2.24, 2.45) is 5.10 Å². The van der Waals surface area contributed by atoms with Gasteiger partial charge in [-0.2, -0.15) is 13.5 Å². The number of amides is 1. The molecule has 3 aromatic carbocycles. The molecule has 1 N–H and O–H groups in total. The van der Waals surface area contributed by atoms with E-state index in [1.807, 2.05) is 6.92 Å². The molecule has 0 aliphatic carbocycles. The predicted octanol–water partition coefficient (Wildman–Crippen LogP) is 5.49. The Balaban J connectivity index is 1.75. The minimum absolute atomic E-state index is 0.0281. The molecule has 160 valence electrons. The van der Waals surface area contributed by atoms with Crippen molar-refractivity contribution in [2.75, 3.05) is 0 Å². The topological polar surface area (TPSA) is 84.8 Å². The molecular formula is C21H15Cl3N2O4S. The number of hydrogen-bond donors (Lipinski definition) is 1. The molecule has 0 aliphatic heterocycles. The van der Waals surface area contributed by atoms with Crippen LogP contribution in [0.5, 0.6) is 5.75 Å². The van der Waals surface area contributed by atoms with E-state index in [0.29, 0.717) is 16.1 Å². The maximum Gasteiger partial charge on any atom is 0.339 e. The van der Waals surface area contributed by atoms with Crippen LogP contribution in [0.25, 0.3) is 0 Å². The molecule has 3 aromatic rings. The lowest BCUT2D eigenvalue weighted by atomic mass is 10.2. The fourth-order valence-corrected chi connectivity index (χ4v) is 4.28. The first-order valence-electron chi connectivity index (χ1n) is 8.75. The van der Waals surface area contributed by atoms with Crippen LogP contribution in [0.3, 0.4) is 0 Å². The number of nitrogens with zero attached hydrogens (tertiary/aromatic N) is 1. The fourth-order valence-electron chi connectivity index (χ4n) is 2.46. The van der Waals surface area contributed by atoms with Gasteiger partial charge in [0.05, 0.1) is 16.3 Å². The molecule has 0 bridgehead atoms. The largest absolute Gasteiger partial charge is 0.376 e. The molecule has 0 saturated heterocycles. The van der Waals surface area contributed by atoms with Crippen molar-refractivity contribution >= 4 is 57.0 Å². The molecule has 0 aromatic heterocycles. The van der Waals surface area contributed by atoms with E-state index in [2.05, 4.69) is 10.5 Å². The zero-order chi connectivity index (χ0) is 22.6. The first-order chi connectivity index (χ1) is 14.7. The zero-order valence-corrected chi connectivity index (χ0v) is 19.1. The van der Waals surface area contributed by atoms with Crippen molar-refractivity contribution in [1.82, 2.24) is 5.43 Å². The normalized spacial score (nSPS) is 11.5. The summed E-state index contributed by atoms with van der Waals surface area (Å²) >= 11 is 18.2. The number of carbonyl (C=O) groups is 1. The van der Waals surface area contributed by atoms with Crippen LogP contribution < -0.4 is 9.61 Å². The highest BCUT2D eigenvalue weighted by atomic mass is 35.5. The number of carbonyl (C=O) groups excluding carboxylic acids is 1. The summed E-state index contributed by atoms with van der Waals surface area (Å²) in [4.78, 5) is 12.0. The van der Waals surface area contributed by atoms with Gasteiger partial charge in [0.1, 0.15) is 4.90 Å². The number of hydrogen-bond acceptors (Lipinski definition) is 5. The van der Waals surface area contributed by atoms with E-state index in [1.54, 1.807) is 30.3 Å². The second kappa shape index (κ2) is 9.70. The summed E-state index contributed by atoms with van der Waals surface area (Å²) in [6, 6.07) is 15.3. The van der Waals surface area contributed by atoms with Gasteiger partial charge in [-0.3, -0.25) is 4.79 Å². The second-order valence-electron chi connectivity index (χ2n) is 6.37. The van der Waals surface area contributed by atoms with E-state index in [0.717, 1.165) is 5.56 Å². The summed E-state index contributed by atoms with van der Waals surface area (Å²) in [6.45, 7) is 1.84. The van der Waals surface area contributed by atoms with Crippen LogP contribution in [0.2, 0.25) is 15.1 Å². The van der Waals surface area contributed by atoms with E-state index in [1.165, 1.54) is 36.5 Å². The summed E-state index contributed by atoms with van der Waals surface area (Å²) in [5, 5.41) is 4.20. The number of rotatable bonds is 6. The Kier molecular flexibility index (Phi) is 7.23. The van der Waals surface area contributed by atoms with Gasteiger partial charge >= 0.3 is 10.1 Å². The molecule has 31 heavy (non-hydrogen) atoms. The van der Waals surface area contributed by atoms with Gasteiger partial charge in [-0.1, -0.05) is 58.6 Å². The lowest BCUT2D eigenvalue weighted by Crippen LogP contribution is -2.17. The number of hydrazone groups is 1. The second-order valence-corrected chi connectivity index (χ2v) is 9.17. The highest BCUT2D eigenvalue weighted by Crippen LogP contribution is 2.36. The maximum absolute atomic E-state index is 12.5. The molecule has 0 spiro atoms. The summed E-state index contributed by atoms with van der Waals surface area (Å²) in [5.74, 6) is -0.663. The Morgan fingerprint density at radius 3 is 2.26 bits per heavy atom. The van der Waals surface area contributed by atoms with Crippen LogP contribution in [0.4, 0.5) is 0 Å². The lowest BCUT2D eigenvalue weighted by molar-refractivity contribution is 0.0955. The zero-order valence-electron chi connectivity index (χ0n) is 16.0. The van der Waals surface area contributed by atoms with E-state index in [-0.39, 0.29) is 20.7 Å². The van der Waals surface area contributed by atoms with E-state index >= 15 is 0 Å². The molecule has 0 unspecified atom stereocenters. The monoisotopic (exact) mass is 496 g/mol. The Hall–Kier alpha value is -2.58. The third-order valence-electron chi connectivity index (χ3n) is 3.99. The van der Waals surface area contributed by atoms with Gasteiger partial charge in [-0.25, -0.2) is 5.43 Å². The van der Waals surface area contributed by atoms with Crippen molar-refractivity contribution in [3.8, 4) is 5.75 Å². The lowest BCUT2D eigenvalue weighted by Gasteiger charge is -2.11. The van der Waals surface area contributed by atoms with E-state index < -0.39 is 16.0 Å². The quantitative estimate of drug-likeness (QED) is 0.277. The van der Waals surface area contributed by atoms with Gasteiger partial charge in [0.25, 0.3) is 5.91 Å². The Morgan fingerprint density at radius 1 is 1.00 bits per heavy atom. The van der Waals surface area contributed by atoms with Gasteiger partial charge in [0, 0.05) is 10.6 Å². The van der Waals surface area contributed by atoms with Crippen LogP contribution in [-0.2, 0) is 10.1 Å². The third kappa shape index (κ3) is 5.98. The molecule has 3 rings (SSSR count). The Bertz CT molecular complexity index is 1240. The summed E-state index contributed by atoms with van der Waals surface area (Å²) < 4.78 is 30.1. The number of halogens is 3. The SMILES string of the molecule is Cc1ccc(S(=O)(=O)Oc2c(Cl)cc(/C=N\NC(=O)c3cccc(Cl)c3)cc2Cl)cc1. The summed E-state index contributed by atoms with van der Waals surface area (Å²) in [5.41, 5.74) is 4.01. The molecule has 0 heterocycles. The molecular weight excluding hydrogens is 483 g/mol. The van der Waals surface area contributed by atoms with Gasteiger partial charge < -0.3 is 4.18 Å². The van der Waals surface area contributed by atoms with Crippen LogP contribution in [0.1, 0.15) is 21.5 Å². The van der Waals surface area contributed by atoms with Crippen LogP contribution in [-0.4, -0.2) is 20.5 Å². The molecule has 1 amide bonds. The minimum atomic E-state index is -4.12. The van der Waals surface area contributed by atoms with Crippen molar-refractivity contribution in [3.05, 3.63) is 92.4 Å². The first-order valence-corrected chi connectivity index (χ1v) is 11.3. The van der Waals surface area contributed by atoms with Crippen molar-refractivity contribution in [1.29, 1.82) is 0 Å². The Morgan fingerprint density at radius 2 is 1.65 bits per heavy atom. The smallest absolute Gasteiger partial charge is 0.339 e. The predicted molar refractivity (Wildman–Crippen MR) is 122 cm³/mol. The van der Waals surface area contributed by atoms with Gasteiger partial charge in [0.2, 0.25) is 0 Å². The van der Waals surface area contributed by atoms with Gasteiger partial charge in [0.15, 0.2) is 5.75 Å². The number of aryl methyl sites for hydroxylation is 1. The fraction of sp³-hybridized carbons (Fsp3) is 0.0476. The van der Waals surface area contributed by atoms with E-state index in [4.69, 9.17) is 39.0 Å². The number of nitrogens with one attached hydrogen (secondary N) is 1. The van der Waals surface area contributed by atoms with Crippen molar-refractivity contribution in [2.45, 2.75) is 11.8 Å². The summed E-state index contributed by atoms with van der Waals surface area (Å²) in [6.07, 6.45) is 1.30. The average molecular weight is 498 g/mol. The van der Waals surface area contributed by atoms with E-state index in [9.17, 15) is 13.2 Å². The standard InChI is InChI=1S/C21H15Cl3N2O4S/c1-13-5-7-17(8-6-13)31(28,29)30-20-18(23)9-14(10-19(20)24)12-25-26-21(27)15-3-2-4-16(22)11-15/h2-12H,1H3,(H,26,27)/b25-12-. The third-order valence-corrected chi connectivity index (χ3v) is 6.02. The molecule has 6 nitrogen and oxygen atoms in total. The minimum Gasteiger partial charge on any atom is -0.376 e. The van der Waals surface area contributed by atoms with Gasteiger partial charge in [-0.05, 0) is 55.0 Å². The van der Waals surface area contributed by atoms with Crippen LogP contribution >= 0.6 is 34.8 Å². The molecule has 10 heteroatoms. The van der Waals surface area contributed by atoms with Crippen molar-refractivity contribution < 1.29 is 17.4 Å². The highest BCUT2D eigenvalue weighted by molar-refractivity contribution is 7.87. The molecule has 0 atom stereocenters. The Labute approximate surface area is 194 Å². The van der Waals surface area contributed by atoms with Crippen LogP contribution in [0.15, 0.2) is 70.7 Å². The van der Waals surface area contributed by atoms with Crippen LogP contribution in [0, 0.1) is 6.92 Å². The highest BCUT2D eigenvalue weighted by Gasteiger charge is 2.21. The van der Waals surface area contributed by atoms with Crippen molar-refractivity contribution in [3.63, 3.8) is 0 Å². The number of benzene rings is 3. The average Bonchev–Trinajstić information content (AvgIpc) is 2.71. The molecule has 0 radical (unpaired) electrons.